The van der Waals surface area contributed by atoms with E-state index in [9.17, 15) is 14.2 Å². The first-order valence-electron chi connectivity index (χ1n) is 17.5. The Morgan fingerprint density at radius 1 is 0.581 bits per heavy atom. The second-order valence-electron chi connectivity index (χ2n) is 11.8. The van der Waals surface area contributed by atoms with Gasteiger partial charge in [-0.25, -0.2) is 4.57 Å². The summed E-state index contributed by atoms with van der Waals surface area (Å²) in [4.78, 5) is 42.5. The molecular formula is C34H65O8P. The first-order valence-corrected chi connectivity index (χ1v) is 19.0. The van der Waals surface area contributed by atoms with Crippen LogP contribution in [0.25, 0.3) is 0 Å². The number of rotatable bonds is 32. The molecule has 1 atom stereocenters. The van der Waals surface area contributed by atoms with Crippen LogP contribution in [0.1, 0.15) is 174 Å². The number of phosphoric acid groups is 1. The number of carbonyl (C=O) groups excluding carboxylic acids is 2. The molecule has 0 aliphatic heterocycles. The van der Waals surface area contributed by atoms with Crippen LogP contribution in [0.15, 0.2) is 12.2 Å². The van der Waals surface area contributed by atoms with Gasteiger partial charge in [0.15, 0.2) is 6.10 Å². The molecule has 0 bridgehead atoms. The SMILES string of the molecule is CCCCCCCC/C=C\CCCCCCCC(=O)OC(COC(=O)CCCCCCCCCCCC)COP(=O)(O)O. The normalized spacial score (nSPS) is 12.6. The van der Waals surface area contributed by atoms with E-state index in [4.69, 9.17) is 19.3 Å². The van der Waals surface area contributed by atoms with E-state index in [0.29, 0.717) is 6.42 Å². The predicted octanol–water partition coefficient (Wildman–Crippen LogP) is 9.90. The van der Waals surface area contributed by atoms with Crippen molar-refractivity contribution in [2.24, 2.45) is 0 Å². The molecule has 0 aromatic rings. The highest BCUT2D eigenvalue weighted by Crippen LogP contribution is 2.36. The molecule has 0 fully saturated rings. The maximum atomic E-state index is 12.3. The van der Waals surface area contributed by atoms with Crippen LogP contribution in [0.3, 0.4) is 0 Å². The average molecular weight is 633 g/mol. The number of hydrogen-bond acceptors (Lipinski definition) is 6. The zero-order chi connectivity index (χ0) is 31.9. The first kappa shape index (κ1) is 41.8. The topological polar surface area (TPSA) is 119 Å². The summed E-state index contributed by atoms with van der Waals surface area (Å²) in [7, 11) is -4.74. The van der Waals surface area contributed by atoms with E-state index in [-0.39, 0.29) is 19.4 Å². The Morgan fingerprint density at radius 3 is 1.42 bits per heavy atom. The number of esters is 2. The van der Waals surface area contributed by atoms with Gasteiger partial charge in [-0.3, -0.25) is 14.1 Å². The number of unbranched alkanes of at least 4 members (excludes halogenated alkanes) is 20. The fourth-order valence-electron chi connectivity index (χ4n) is 4.90. The smallest absolute Gasteiger partial charge is 0.462 e. The lowest BCUT2D eigenvalue weighted by Gasteiger charge is -2.18. The minimum atomic E-state index is -4.74. The number of phosphoric ester groups is 1. The van der Waals surface area contributed by atoms with Gasteiger partial charge in [0, 0.05) is 12.8 Å². The van der Waals surface area contributed by atoms with Crippen LogP contribution in [0.5, 0.6) is 0 Å². The van der Waals surface area contributed by atoms with E-state index in [1.54, 1.807) is 0 Å². The standard InChI is InChI=1S/C34H65O8P/c1-3-5-7-9-11-13-15-16-17-18-19-21-23-25-27-29-34(36)42-32(31-41-43(37,38)39)30-40-33(35)28-26-24-22-20-14-12-10-8-6-4-2/h16-17,32H,3-15,18-31H2,1-2H3,(H2,37,38,39)/b17-16-. The number of ether oxygens (including phenoxy) is 2. The largest absolute Gasteiger partial charge is 0.469 e. The van der Waals surface area contributed by atoms with Crippen molar-refractivity contribution in [3.63, 3.8) is 0 Å². The van der Waals surface area contributed by atoms with E-state index in [2.05, 4.69) is 30.5 Å². The average Bonchev–Trinajstić information content (AvgIpc) is 2.97. The molecule has 0 aromatic heterocycles. The van der Waals surface area contributed by atoms with E-state index in [1.165, 1.54) is 89.9 Å². The van der Waals surface area contributed by atoms with Crippen molar-refractivity contribution < 1.29 is 37.9 Å². The molecule has 0 saturated heterocycles. The lowest BCUT2D eigenvalue weighted by atomic mass is 10.1. The summed E-state index contributed by atoms with van der Waals surface area (Å²) >= 11 is 0. The molecule has 0 aliphatic rings. The zero-order valence-corrected chi connectivity index (χ0v) is 28.5. The summed E-state index contributed by atoms with van der Waals surface area (Å²) in [5, 5.41) is 0. The molecule has 43 heavy (non-hydrogen) atoms. The van der Waals surface area contributed by atoms with Crippen molar-refractivity contribution in [3.8, 4) is 0 Å². The lowest BCUT2D eigenvalue weighted by Crippen LogP contribution is -2.29. The quantitative estimate of drug-likeness (QED) is 0.0325. The minimum absolute atomic E-state index is 0.205. The van der Waals surface area contributed by atoms with Gasteiger partial charge >= 0.3 is 19.8 Å². The molecule has 9 heteroatoms. The molecule has 254 valence electrons. The maximum Gasteiger partial charge on any atom is 0.469 e. The lowest BCUT2D eigenvalue weighted by molar-refractivity contribution is -0.161. The van der Waals surface area contributed by atoms with Crippen LogP contribution in [0, 0.1) is 0 Å². The van der Waals surface area contributed by atoms with Crippen LogP contribution in [0.2, 0.25) is 0 Å². The van der Waals surface area contributed by atoms with Gasteiger partial charge < -0.3 is 19.3 Å². The van der Waals surface area contributed by atoms with Crippen LogP contribution < -0.4 is 0 Å². The highest BCUT2D eigenvalue weighted by molar-refractivity contribution is 7.46. The molecule has 0 radical (unpaired) electrons. The highest BCUT2D eigenvalue weighted by Gasteiger charge is 2.22. The predicted molar refractivity (Wildman–Crippen MR) is 175 cm³/mol. The molecule has 1 unspecified atom stereocenters. The fraction of sp³-hybridized carbons (Fsp3) is 0.882. The van der Waals surface area contributed by atoms with Gasteiger partial charge in [0.2, 0.25) is 0 Å². The van der Waals surface area contributed by atoms with Crippen LogP contribution in [-0.2, 0) is 28.2 Å². The highest BCUT2D eigenvalue weighted by atomic mass is 31.2. The van der Waals surface area contributed by atoms with Crippen LogP contribution >= 0.6 is 7.82 Å². The Labute approximate surface area is 263 Å². The van der Waals surface area contributed by atoms with Gasteiger partial charge in [-0.15, -0.1) is 0 Å². The van der Waals surface area contributed by atoms with E-state index < -0.39 is 32.5 Å². The van der Waals surface area contributed by atoms with Gasteiger partial charge in [0.1, 0.15) is 6.61 Å². The number of hydrogen-bond donors (Lipinski definition) is 2. The second kappa shape index (κ2) is 30.8. The van der Waals surface area contributed by atoms with Crippen molar-refractivity contribution in [1.29, 1.82) is 0 Å². The van der Waals surface area contributed by atoms with Crippen molar-refractivity contribution >= 4 is 19.8 Å². The summed E-state index contributed by atoms with van der Waals surface area (Å²) in [6.07, 6.45) is 30.8. The summed E-state index contributed by atoms with van der Waals surface area (Å²) in [6.45, 7) is 3.64. The van der Waals surface area contributed by atoms with Crippen LogP contribution in [-0.4, -0.2) is 41.0 Å². The Kier molecular flexibility index (Phi) is 29.9. The molecule has 0 aromatic carbocycles. The van der Waals surface area contributed by atoms with Gasteiger partial charge in [0.25, 0.3) is 0 Å². The Morgan fingerprint density at radius 2 is 0.977 bits per heavy atom. The van der Waals surface area contributed by atoms with Crippen molar-refractivity contribution in [2.75, 3.05) is 13.2 Å². The summed E-state index contributed by atoms with van der Waals surface area (Å²) < 4.78 is 26.2. The molecule has 0 spiro atoms. The van der Waals surface area contributed by atoms with Gasteiger partial charge in [0.05, 0.1) is 6.61 Å². The van der Waals surface area contributed by atoms with E-state index in [1.807, 2.05) is 0 Å². The monoisotopic (exact) mass is 632 g/mol. The van der Waals surface area contributed by atoms with Crippen LogP contribution in [0.4, 0.5) is 0 Å². The summed E-state index contributed by atoms with van der Waals surface area (Å²) in [5.74, 6) is -0.892. The minimum Gasteiger partial charge on any atom is -0.462 e. The molecule has 0 rings (SSSR count). The Hall–Kier alpha value is -1.21. The van der Waals surface area contributed by atoms with Gasteiger partial charge in [-0.1, -0.05) is 135 Å². The van der Waals surface area contributed by atoms with Gasteiger partial charge in [-0.2, -0.15) is 0 Å². The zero-order valence-electron chi connectivity index (χ0n) is 27.6. The van der Waals surface area contributed by atoms with Gasteiger partial charge in [-0.05, 0) is 38.5 Å². The molecule has 8 nitrogen and oxygen atoms in total. The first-order chi connectivity index (χ1) is 20.8. The fourth-order valence-corrected chi connectivity index (χ4v) is 5.26. The van der Waals surface area contributed by atoms with Crippen molar-refractivity contribution in [1.82, 2.24) is 0 Å². The molecule has 0 heterocycles. The molecular weight excluding hydrogens is 567 g/mol. The van der Waals surface area contributed by atoms with E-state index in [0.717, 1.165) is 51.4 Å². The molecule has 0 saturated carbocycles. The third kappa shape index (κ3) is 33.5. The Balaban J connectivity index is 3.99. The van der Waals surface area contributed by atoms with Crippen molar-refractivity contribution in [2.45, 2.75) is 180 Å². The maximum absolute atomic E-state index is 12.3. The second-order valence-corrected chi connectivity index (χ2v) is 13.1. The molecule has 0 amide bonds. The number of carbonyl (C=O) groups is 2. The number of allylic oxidation sites excluding steroid dienone is 2. The molecule has 0 aliphatic carbocycles. The molecule has 2 N–H and O–H groups in total. The van der Waals surface area contributed by atoms with E-state index >= 15 is 0 Å². The summed E-state index contributed by atoms with van der Waals surface area (Å²) in [5.41, 5.74) is 0. The third-order valence-corrected chi connectivity index (χ3v) is 8.02. The van der Waals surface area contributed by atoms with Crippen molar-refractivity contribution in [3.05, 3.63) is 12.2 Å². The summed E-state index contributed by atoms with van der Waals surface area (Å²) in [6, 6.07) is 0. The Bertz CT molecular complexity index is 721. The third-order valence-electron chi connectivity index (χ3n) is 7.53.